The molecule has 0 radical (unpaired) electrons. The summed E-state index contributed by atoms with van der Waals surface area (Å²) >= 11 is 0. The van der Waals surface area contributed by atoms with Crippen LogP contribution in [-0.4, -0.2) is 36.5 Å². The lowest BCUT2D eigenvalue weighted by atomic mass is 9.91. The highest BCUT2D eigenvalue weighted by atomic mass is 35.5. The molecule has 2 aliphatic rings. The Morgan fingerprint density at radius 1 is 1.31 bits per heavy atom. The molecule has 1 aliphatic heterocycles. The summed E-state index contributed by atoms with van der Waals surface area (Å²) in [6.45, 7) is 1.14. The van der Waals surface area contributed by atoms with E-state index < -0.39 is 0 Å². The van der Waals surface area contributed by atoms with Gasteiger partial charge in [0.05, 0.1) is 0 Å². The maximum Gasteiger partial charge on any atom is 0.222 e. The molecule has 4 heteroatoms. The standard InChI is InChI=1S/C12H22N2O.ClH/c1-14(11-5-2-6-11)12(15)8-7-10-4-3-9-13-10;/h10-11,13H,2-9H2,1H3;1H. The van der Waals surface area contributed by atoms with Crippen molar-refractivity contribution in [3.63, 3.8) is 0 Å². The Bertz CT molecular complexity index is 225. The van der Waals surface area contributed by atoms with Gasteiger partial charge in [0.1, 0.15) is 0 Å². The molecule has 2 fully saturated rings. The largest absolute Gasteiger partial charge is 0.343 e. The van der Waals surface area contributed by atoms with Gasteiger partial charge in [0, 0.05) is 25.6 Å². The van der Waals surface area contributed by atoms with E-state index in [1.165, 1.54) is 32.1 Å². The second-order valence-electron chi connectivity index (χ2n) is 4.92. The van der Waals surface area contributed by atoms with E-state index in [1.807, 2.05) is 11.9 Å². The zero-order valence-corrected chi connectivity index (χ0v) is 10.9. The highest BCUT2D eigenvalue weighted by molar-refractivity contribution is 5.85. The van der Waals surface area contributed by atoms with E-state index in [9.17, 15) is 4.79 Å². The summed E-state index contributed by atoms with van der Waals surface area (Å²) in [5, 5.41) is 3.44. The van der Waals surface area contributed by atoms with Crippen molar-refractivity contribution in [3.8, 4) is 0 Å². The van der Waals surface area contributed by atoms with Crippen molar-refractivity contribution < 1.29 is 4.79 Å². The van der Waals surface area contributed by atoms with Crippen molar-refractivity contribution in [2.24, 2.45) is 0 Å². The molecule has 1 aliphatic carbocycles. The minimum absolute atomic E-state index is 0. The molecule has 1 amide bonds. The van der Waals surface area contributed by atoms with Crippen LogP contribution >= 0.6 is 12.4 Å². The zero-order chi connectivity index (χ0) is 10.7. The first kappa shape index (κ1) is 13.8. The Balaban J connectivity index is 0.00000128. The smallest absolute Gasteiger partial charge is 0.222 e. The van der Waals surface area contributed by atoms with Crippen molar-refractivity contribution in [3.05, 3.63) is 0 Å². The fourth-order valence-electron chi connectivity index (χ4n) is 2.45. The van der Waals surface area contributed by atoms with Crippen LogP contribution in [0.3, 0.4) is 0 Å². The van der Waals surface area contributed by atoms with Gasteiger partial charge in [0.2, 0.25) is 5.91 Å². The number of nitrogens with zero attached hydrogens (tertiary/aromatic N) is 1. The number of hydrogen-bond donors (Lipinski definition) is 1. The van der Waals surface area contributed by atoms with Gasteiger partial charge in [-0.15, -0.1) is 12.4 Å². The number of hydrogen-bond acceptors (Lipinski definition) is 2. The van der Waals surface area contributed by atoms with Crippen LogP contribution in [0.25, 0.3) is 0 Å². The number of carbonyl (C=O) groups excluding carboxylic acids is 1. The fourth-order valence-corrected chi connectivity index (χ4v) is 2.45. The summed E-state index contributed by atoms with van der Waals surface area (Å²) in [5.74, 6) is 0.341. The molecule has 1 heterocycles. The van der Waals surface area contributed by atoms with E-state index in [4.69, 9.17) is 0 Å². The maximum atomic E-state index is 11.8. The van der Waals surface area contributed by atoms with Crippen molar-refractivity contribution >= 4 is 18.3 Å². The molecular formula is C12H23ClN2O. The molecule has 1 unspecified atom stereocenters. The van der Waals surface area contributed by atoms with E-state index in [-0.39, 0.29) is 12.4 Å². The summed E-state index contributed by atoms with van der Waals surface area (Å²) in [6, 6.07) is 1.15. The summed E-state index contributed by atoms with van der Waals surface area (Å²) in [7, 11) is 1.97. The Labute approximate surface area is 104 Å². The lowest BCUT2D eigenvalue weighted by molar-refractivity contribution is -0.133. The SMILES string of the molecule is CN(C(=O)CCC1CCCN1)C1CCC1.Cl. The van der Waals surface area contributed by atoms with E-state index in [0.29, 0.717) is 18.0 Å². The molecule has 0 bridgehead atoms. The average molecular weight is 247 g/mol. The molecule has 2 rings (SSSR count). The molecule has 16 heavy (non-hydrogen) atoms. The topological polar surface area (TPSA) is 32.3 Å². The van der Waals surface area contributed by atoms with Crippen LogP contribution < -0.4 is 5.32 Å². The number of carbonyl (C=O) groups is 1. The van der Waals surface area contributed by atoms with Crippen LogP contribution in [0.15, 0.2) is 0 Å². The third kappa shape index (κ3) is 3.36. The Kier molecular flexibility index (Phi) is 5.56. The monoisotopic (exact) mass is 246 g/mol. The van der Waals surface area contributed by atoms with Gasteiger partial charge in [-0.1, -0.05) is 0 Å². The third-order valence-corrected chi connectivity index (χ3v) is 3.88. The van der Waals surface area contributed by atoms with Gasteiger partial charge < -0.3 is 10.2 Å². The minimum Gasteiger partial charge on any atom is -0.343 e. The predicted molar refractivity (Wildman–Crippen MR) is 67.9 cm³/mol. The highest BCUT2D eigenvalue weighted by Gasteiger charge is 2.26. The maximum absolute atomic E-state index is 11.8. The quantitative estimate of drug-likeness (QED) is 0.823. The van der Waals surface area contributed by atoms with Crippen molar-refractivity contribution in [1.29, 1.82) is 0 Å². The van der Waals surface area contributed by atoms with Gasteiger partial charge in [-0.2, -0.15) is 0 Å². The predicted octanol–water partition coefficient (Wildman–Crippen LogP) is 1.95. The number of amides is 1. The van der Waals surface area contributed by atoms with Gasteiger partial charge in [0.25, 0.3) is 0 Å². The summed E-state index contributed by atoms with van der Waals surface area (Å²) in [4.78, 5) is 13.8. The first-order valence-electron chi connectivity index (χ1n) is 6.26. The Morgan fingerprint density at radius 2 is 2.06 bits per heavy atom. The summed E-state index contributed by atoms with van der Waals surface area (Å²) in [6.07, 6.45) is 8.00. The molecular weight excluding hydrogens is 224 g/mol. The van der Waals surface area contributed by atoms with E-state index in [0.717, 1.165) is 19.4 Å². The van der Waals surface area contributed by atoms with Gasteiger partial charge >= 0.3 is 0 Å². The lowest BCUT2D eigenvalue weighted by Crippen LogP contribution is -2.41. The van der Waals surface area contributed by atoms with Crippen LogP contribution in [0.4, 0.5) is 0 Å². The van der Waals surface area contributed by atoms with Crippen LogP contribution in [0.5, 0.6) is 0 Å². The molecule has 0 aromatic rings. The normalized spacial score (nSPS) is 24.7. The first-order chi connectivity index (χ1) is 7.27. The van der Waals surface area contributed by atoms with Gasteiger partial charge in [-0.3, -0.25) is 4.79 Å². The second-order valence-corrected chi connectivity index (χ2v) is 4.92. The molecule has 1 atom stereocenters. The number of halogens is 1. The first-order valence-corrected chi connectivity index (χ1v) is 6.26. The zero-order valence-electron chi connectivity index (χ0n) is 10.1. The van der Waals surface area contributed by atoms with Crippen molar-refractivity contribution in [2.75, 3.05) is 13.6 Å². The van der Waals surface area contributed by atoms with Gasteiger partial charge in [0.15, 0.2) is 0 Å². The van der Waals surface area contributed by atoms with Crippen molar-refractivity contribution in [1.82, 2.24) is 10.2 Å². The fraction of sp³-hybridized carbons (Fsp3) is 0.917. The third-order valence-electron chi connectivity index (χ3n) is 3.88. The van der Waals surface area contributed by atoms with E-state index >= 15 is 0 Å². The lowest BCUT2D eigenvalue weighted by Gasteiger charge is -2.35. The van der Waals surface area contributed by atoms with Crippen LogP contribution in [0.2, 0.25) is 0 Å². The molecule has 0 aromatic heterocycles. The van der Waals surface area contributed by atoms with Crippen LogP contribution in [0.1, 0.15) is 44.9 Å². The molecule has 1 N–H and O–H groups in total. The van der Waals surface area contributed by atoms with E-state index in [2.05, 4.69) is 5.32 Å². The van der Waals surface area contributed by atoms with Crippen molar-refractivity contribution in [2.45, 2.75) is 57.0 Å². The Morgan fingerprint density at radius 3 is 2.56 bits per heavy atom. The van der Waals surface area contributed by atoms with Gasteiger partial charge in [-0.25, -0.2) is 0 Å². The molecule has 0 spiro atoms. The Hall–Kier alpha value is -0.280. The molecule has 0 aromatic carbocycles. The van der Waals surface area contributed by atoms with Crippen LogP contribution in [-0.2, 0) is 4.79 Å². The van der Waals surface area contributed by atoms with Crippen LogP contribution in [0, 0.1) is 0 Å². The van der Waals surface area contributed by atoms with Gasteiger partial charge in [-0.05, 0) is 45.1 Å². The molecule has 94 valence electrons. The molecule has 3 nitrogen and oxygen atoms in total. The molecule has 1 saturated heterocycles. The highest BCUT2D eigenvalue weighted by Crippen LogP contribution is 2.24. The average Bonchev–Trinajstić information content (AvgIpc) is 2.63. The van der Waals surface area contributed by atoms with E-state index in [1.54, 1.807) is 0 Å². The minimum atomic E-state index is 0. The number of rotatable bonds is 4. The number of nitrogens with one attached hydrogen (secondary N) is 1. The summed E-state index contributed by atoms with van der Waals surface area (Å²) in [5.41, 5.74) is 0. The molecule has 1 saturated carbocycles. The summed E-state index contributed by atoms with van der Waals surface area (Å²) < 4.78 is 0. The second kappa shape index (κ2) is 6.45.